The van der Waals surface area contributed by atoms with Gasteiger partial charge in [-0.2, -0.15) is 4.98 Å². The van der Waals surface area contributed by atoms with Crippen LogP contribution < -0.4 is 14.8 Å². The first kappa shape index (κ1) is 20.7. The summed E-state index contributed by atoms with van der Waals surface area (Å²) in [4.78, 5) is 16.7. The van der Waals surface area contributed by atoms with Crippen molar-refractivity contribution in [3.05, 3.63) is 58.9 Å². The number of carbonyl (C=O) groups is 1. The van der Waals surface area contributed by atoms with Crippen molar-refractivity contribution in [2.45, 2.75) is 25.8 Å². The number of carbonyl (C=O) groups excluding carboxylic acids is 1. The third kappa shape index (κ3) is 5.26. The van der Waals surface area contributed by atoms with Gasteiger partial charge in [0.1, 0.15) is 11.5 Å². The van der Waals surface area contributed by atoms with Crippen LogP contribution in [0, 0.1) is 0 Å². The van der Waals surface area contributed by atoms with Crippen LogP contribution in [0.15, 0.2) is 47.0 Å². The standard InChI is InChI=1S/C21H22ClN3O4/c1-13(17-12-16(27-2)8-9-18(17)28-3)23-19(26)10-11-20-24-21(25-29-20)14-4-6-15(22)7-5-14/h4-9,12-13H,10-11H2,1-3H3,(H,23,26)/t13-/m1/s1. The molecule has 3 aromatic rings. The number of nitrogens with one attached hydrogen (secondary N) is 1. The highest BCUT2D eigenvalue weighted by Crippen LogP contribution is 2.29. The molecule has 0 radical (unpaired) electrons. The molecule has 0 spiro atoms. The molecule has 0 fully saturated rings. The van der Waals surface area contributed by atoms with Crippen LogP contribution in [0.25, 0.3) is 11.4 Å². The van der Waals surface area contributed by atoms with Crippen LogP contribution in [0.1, 0.15) is 30.8 Å². The van der Waals surface area contributed by atoms with Crippen molar-refractivity contribution in [1.29, 1.82) is 0 Å². The van der Waals surface area contributed by atoms with Crippen LogP contribution in [-0.2, 0) is 11.2 Å². The molecular weight excluding hydrogens is 394 g/mol. The van der Waals surface area contributed by atoms with Crippen LogP contribution in [0.3, 0.4) is 0 Å². The van der Waals surface area contributed by atoms with Gasteiger partial charge in [-0.15, -0.1) is 0 Å². The molecule has 0 aliphatic heterocycles. The quantitative estimate of drug-likeness (QED) is 0.592. The van der Waals surface area contributed by atoms with Gasteiger partial charge in [-0.1, -0.05) is 16.8 Å². The number of ether oxygens (including phenoxy) is 2. The zero-order chi connectivity index (χ0) is 20.8. The number of nitrogens with zero attached hydrogens (tertiary/aromatic N) is 2. The summed E-state index contributed by atoms with van der Waals surface area (Å²) in [7, 11) is 3.19. The summed E-state index contributed by atoms with van der Waals surface area (Å²) in [5.41, 5.74) is 1.63. The molecule has 0 saturated heterocycles. The van der Waals surface area contributed by atoms with Gasteiger partial charge in [0.2, 0.25) is 17.6 Å². The number of methoxy groups -OCH3 is 2. The minimum atomic E-state index is -0.250. The van der Waals surface area contributed by atoms with E-state index >= 15 is 0 Å². The molecule has 7 nitrogen and oxygen atoms in total. The zero-order valence-corrected chi connectivity index (χ0v) is 17.2. The van der Waals surface area contributed by atoms with Crippen LogP contribution in [0.4, 0.5) is 0 Å². The lowest BCUT2D eigenvalue weighted by atomic mass is 10.1. The van der Waals surface area contributed by atoms with E-state index < -0.39 is 0 Å². The first-order valence-corrected chi connectivity index (χ1v) is 9.47. The lowest BCUT2D eigenvalue weighted by molar-refractivity contribution is -0.121. The number of hydrogen-bond donors (Lipinski definition) is 1. The molecule has 152 valence electrons. The van der Waals surface area contributed by atoms with Crippen molar-refractivity contribution in [2.75, 3.05) is 14.2 Å². The van der Waals surface area contributed by atoms with Crippen LogP contribution in [0.2, 0.25) is 5.02 Å². The monoisotopic (exact) mass is 415 g/mol. The summed E-state index contributed by atoms with van der Waals surface area (Å²) in [6.07, 6.45) is 0.563. The van der Waals surface area contributed by atoms with Crippen molar-refractivity contribution < 1.29 is 18.8 Å². The van der Waals surface area contributed by atoms with Gasteiger partial charge in [-0.05, 0) is 49.4 Å². The van der Waals surface area contributed by atoms with Crippen molar-refractivity contribution >= 4 is 17.5 Å². The number of hydrogen-bond acceptors (Lipinski definition) is 6. The Bertz CT molecular complexity index is 972. The Morgan fingerprint density at radius 3 is 2.62 bits per heavy atom. The molecule has 0 aliphatic carbocycles. The molecule has 0 bridgehead atoms. The second kappa shape index (κ2) is 9.43. The summed E-state index contributed by atoms with van der Waals surface area (Å²) < 4.78 is 15.9. The second-order valence-corrected chi connectivity index (χ2v) is 6.85. The molecule has 0 unspecified atom stereocenters. The number of amides is 1. The Hall–Kier alpha value is -3.06. The van der Waals surface area contributed by atoms with E-state index in [9.17, 15) is 4.79 Å². The average molecular weight is 416 g/mol. The maximum Gasteiger partial charge on any atom is 0.227 e. The number of benzene rings is 2. The highest BCUT2D eigenvalue weighted by Gasteiger charge is 2.16. The Morgan fingerprint density at radius 2 is 1.93 bits per heavy atom. The minimum absolute atomic E-state index is 0.131. The number of aromatic nitrogens is 2. The topological polar surface area (TPSA) is 86.5 Å². The lowest BCUT2D eigenvalue weighted by Gasteiger charge is -2.18. The largest absolute Gasteiger partial charge is 0.497 e. The molecule has 1 amide bonds. The van der Waals surface area contributed by atoms with Gasteiger partial charge < -0.3 is 19.3 Å². The van der Waals surface area contributed by atoms with Gasteiger partial charge in [-0.25, -0.2) is 0 Å². The maximum atomic E-state index is 12.4. The Kier molecular flexibility index (Phi) is 6.72. The first-order valence-electron chi connectivity index (χ1n) is 9.10. The zero-order valence-electron chi connectivity index (χ0n) is 16.4. The van der Waals surface area contributed by atoms with Crippen molar-refractivity contribution in [3.63, 3.8) is 0 Å². The number of aryl methyl sites for hydroxylation is 1. The van der Waals surface area contributed by atoms with E-state index in [0.29, 0.717) is 34.7 Å². The second-order valence-electron chi connectivity index (χ2n) is 6.42. The molecular formula is C21H22ClN3O4. The molecule has 2 aromatic carbocycles. The molecule has 0 aliphatic rings. The summed E-state index contributed by atoms with van der Waals surface area (Å²) in [6, 6.07) is 12.4. The Morgan fingerprint density at radius 1 is 1.17 bits per heavy atom. The minimum Gasteiger partial charge on any atom is -0.497 e. The van der Waals surface area contributed by atoms with Gasteiger partial charge in [0.05, 0.1) is 20.3 Å². The van der Waals surface area contributed by atoms with Crippen LogP contribution >= 0.6 is 11.6 Å². The van der Waals surface area contributed by atoms with Gasteiger partial charge >= 0.3 is 0 Å². The Labute approximate surface area is 174 Å². The summed E-state index contributed by atoms with van der Waals surface area (Å²) in [5.74, 6) is 2.11. The fraction of sp³-hybridized carbons (Fsp3) is 0.286. The summed E-state index contributed by atoms with van der Waals surface area (Å²) in [5, 5.41) is 7.55. The lowest BCUT2D eigenvalue weighted by Crippen LogP contribution is -2.27. The van der Waals surface area contributed by atoms with Gasteiger partial charge in [0, 0.05) is 29.0 Å². The van der Waals surface area contributed by atoms with Crippen molar-refractivity contribution in [1.82, 2.24) is 15.5 Å². The SMILES string of the molecule is COc1ccc(OC)c([C@@H](C)NC(=O)CCc2nc(-c3ccc(Cl)cc3)no2)c1. The summed E-state index contributed by atoms with van der Waals surface area (Å²) in [6.45, 7) is 1.89. The van der Waals surface area contributed by atoms with E-state index in [4.69, 9.17) is 25.6 Å². The number of halogens is 1. The van der Waals surface area contributed by atoms with E-state index in [0.717, 1.165) is 11.1 Å². The molecule has 8 heteroatoms. The smallest absolute Gasteiger partial charge is 0.227 e. The van der Waals surface area contributed by atoms with E-state index in [2.05, 4.69) is 15.5 Å². The first-order chi connectivity index (χ1) is 14.0. The molecule has 1 atom stereocenters. The van der Waals surface area contributed by atoms with Crippen molar-refractivity contribution in [2.24, 2.45) is 0 Å². The molecule has 1 N–H and O–H groups in total. The fourth-order valence-corrected chi connectivity index (χ4v) is 2.99. The number of rotatable bonds is 8. The van der Waals surface area contributed by atoms with Crippen LogP contribution in [-0.4, -0.2) is 30.3 Å². The van der Waals surface area contributed by atoms with Gasteiger partial charge in [0.15, 0.2) is 0 Å². The summed E-state index contributed by atoms with van der Waals surface area (Å²) >= 11 is 5.89. The normalized spacial score (nSPS) is 11.7. The average Bonchev–Trinajstić information content (AvgIpc) is 3.21. The predicted molar refractivity (Wildman–Crippen MR) is 109 cm³/mol. The predicted octanol–water partition coefficient (Wildman–Crippen LogP) is 4.22. The van der Waals surface area contributed by atoms with E-state index in [-0.39, 0.29) is 18.4 Å². The van der Waals surface area contributed by atoms with Crippen molar-refractivity contribution in [3.8, 4) is 22.9 Å². The van der Waals surface area contributed by atoms with Crippen LogP contribution in [0.5, 0.6) is 11.5 Å². The third-order valence-corrected chi connectivity index (χ3v) is 4.67. The molecule has 29 heavy (non-hydrogen) atoms. The molecule has 1 heterocycles. The maximum absolute atomic E-state index is 12.4. The van der Waals surface area contributed by atoms with E-state index in [1.54, 1.807) is 26.4 Å². The third-order valence-electron chi connectivity index (χ3n) is 4.42. The fourth-order valence-electron chi connectivity index (χ4n) is 2.86. The van der Waals surface area contributed by atoms with E-state index in [1.807, 2.05) is 37.3 Å². The molecule has 1 aromatic heterocycles. The van der Waals surface area contributed by atoms with Gasteiger partial charge in [0.25, 0.3) is 0 Å². The van der Waals surface area contributed by atoms with E-state index in [1.165, 1.54) is 0 Å². The highest BCUT2D eigenvalue weighted by atomic mass is 35.5. The van der Waals surface area contributed by atoms with Gasteiger partial charge in [-0.3, -0.25) is 4.79 Å². The highest BCUT2D eigenvalue weighted by molar-refractivity contribution is 6.30. The molecule has 0 saturated carbocycles. The Balaban J connectivity index is 1.58. The molecule has 3 rings (SSSR count).